The number of para-hydroxylation sites is 2. The van der Waals surface area contributed by atoms with E-state index < -0.39 is 5.82 Å². The molecule has 0 N–H and O–H groups in total. The first kappa shape index (κ1) is 10.5. The molecule has 0 aliphatic rings. The molecule has 0 unspecified atom stereocenters. The molecule has 81 valence electrons. The maximum atomic E-state index is 12.9. The smallest absolute Gasteiger partial charge is 0.169 e. The van der Waals surface area contributed by atoms with Gasteiger partial charge in [-0.2, -0.15) is 0 Å². The van der Waals surface area contributed by atoms with Crippen LogP contribution >= 0.6 is 0 Å². The Kier molecular flexibility index (Phi) is 3.05. The van der Waals surface area contributed by atoms with Gasteiger partial charge in [-0.3, -0.25) is 0 Å². The first-order valence-corrected chi connectivity index (χ1v) is 4.77. The first-order chi connectivity index (χ1) is 7.79. The van der Waals surface area contributed by atoms with Crippen molar-refractivity contribution in [2.75, 3.05) is 7.11 Å². The number of hydrogen-bond acceptors (Lipinski definition) is 2. The second-order valence-electron chi connectivity index (χ2n) is 3.13. The summed E-state index contributed by atoms with van der Waals surface area (Å²) in [5.41, 5.74) is 0. The summed E-state index contributed by atoms with van der Waals surface area (Å²) in [6.45, 7) is 0. The third-order valence-corrected chi connectivity index (χ3v) is 2.03. The van der Waals surface area contributed by atoms with Gasteiger partial charge in [-0.25, -0.2) is 4.39 Å². The van der Waals surface area contributed by atoms with Crippen LogP contribution in [0.2, 0.25) is 0 Å². The number of halogens is 1. The van der Waals surface area contributed by atoms with Gasteiger partial charge in [0, 0.05) is 12.1 Å². The highest BCUT2D eigenvalue weighted by molar-refractivity contribution is 5.42. The zero-order chi connectivity index (χ0) is 11.4. The average Bonchev–Trinajstić information content (AvgIpc) is 2.30. The van der Waals surface area contributed by atoms with Crippen molar-refractivity contribution in [2.24, 2.45) is 0 Å². The van der Waals surface area contributed by atoms with E-state index in [1.165, 1.54) is 12.1 Å². The van der Waals surface area contributed by atoms with Crippen LogP contribution in [0.15, 0.2) is 42.5 Å². The van der Waals surface area contributed by atoms with E-state index in [0.717, 1.165) is 0 Å². The van der Waals surface area contributed by atoms with E-state index >= 15 is 0 Å². The van der Waals surface area contributed by atoms with Crippen LogP contribution in [0.3, 0.4) is 0 Å². The first-order valence-electron chi connectivity index (χ1n) is 4.77. The molecule has 0 heterocycles. The predicted molar refractivity (Wildman–Crippen MR) is 58.3 cm³/mol. The molecule has 0 aliphatic carbocycles. The van der Waals surface area contributed by atoms with Gasteiger partial charge in [0.05, 0.1) is 7.11 Å². The Hall–Kier alpha value is -2.03. The number of methoxy groups -OCH3 is 1. The quantitative estimate of drug-likeness (QED) is 0.784. The Bertz CT molecular complexity index is 483. The Morgan fingerprint density at radius 2 is 1.88 bits per heavy atom. The summed E-state index contributed by atoms with van der Waals surface area (Å²) in [5.74, 6) is 1.12. The number of rotatable bonds is 3. The Morgan fingerprint density at radius 3 is 2.56 bits per heavy atom. The predicted octanol–water partition coefficient (Wildman–Crippen LogP) is 3.43. The molecule has 1 radical (unpaired) electrons. The van der Waals surface area contributed by atoms with Crippen LogP contribution < -0.4 is 9.47 Å². The molecule has 0 bridgehead atoms. The van der Waals surface area contributed by atoms with Gasteiger partial charge in [-0.15, -0.1) is 0 Å². The minimum atomic E-state index is -0.451. The van der Waals surface area contributed by atoms with Crippen molar-refractivity contribution in [1.29, 1.82) is 0 Å². The zero-order valence-corrected chi connectivity index (χ0v) is 8.74. The summed E-state index contributed by atoms with van der Waals surface area (Å²) < 4.78 is 23.5. The highest BCUT2D eigenvalue weighted by Gasteiger charge is 2.04. The van der Waals surface area contributed by atoms with E-state index in [0.29, 0.717) is 17.2 Å². The van der Waals surface area contributed by atoms with Crippen LogP contribution in [0.1, 0.15) is 0 Å². The van der Waals surface area contributed by atoms with Gasteiger partial charge in [-0.05, 0) is 24.3 Å². The van der Waals surface area contributed by atoms with Crippen molar-refractivity contribution in [3.05, 3.63) is 54.3 Å². The van der Waals surface area contributed by atoms with Crippen LogP contribution in [0, 0.1) is 11.9 Å². The van der Waals surface area contributed by atoms with Gasteiger partial charge in [0.1, 0.15) is 11.6 Å². The summed E-state index contributed by atoms with van der Waals surface area (Å²) in [4.78, 5) is 0. The standard InChI is InChI=1S/C13H10FO2/c1-15-12-7-2-3-8-13(12)16-11-6-4-5-10(14)9-11/h2-4,6-9H,1H3. The van der Waals surface area contributed by atoms with Gasteiger partial charge in [-0.1, -0.05) is 12.1 Å². The third kappa shape index (κ3) is 2.31. The summed E-state index contributed by atoms with van der Waals surface area (Å²) >= 11 is 0. The molecule has 0 aliphatic heterocycles. The van der Waals surface area contributed by atoms with Crippen molar-refractivity contribution < 1.29 is 13.9 Å². The molecule has 16 heavy (non-hydrogen) atoms. The molecule has 2 aromatic carbocycles. The highest BCUT2D eigenvalue weighted by atomic mass is 19.1. The Morgan fingerprint density at radius 1 is 1.12 bits per heavy atom. The zero-order valence-electron chi connectivity index (χ0n) is 8.74. The third-order valence-electron chi connectivity index (χ3n) is 2.03. The topological polar surface area (TPSA) is 18.5 Å². The van der Waals surface area contributed by atoms with E-state index in [1.807, 2.05) is 12.1 Å². The van der Waals surface area contributed by atoms with Crippen molar-refractivity contribution >= 4 is 0 Å². The molecule has 0 aromatic heterocycles. The molecule has 0 saturated heterocycles. The van der Waals surface area contributed by atoms with Gasteiger partial charge in [0.25, 0.3) is 0 Å². The lowest BCUT2D eigenvalue weighted by atomic mass is 10.3. The second-order valence-corrected chi connectivity index (χ2v) is 3.13. The Labute approximate surface area is 93.2 Å². The van der Waals surface area contributed by atoms with E-state index in [-0.39, 0.29) is 0 Å². The lowest BCUT2D eigenvalue weighted by Crippen LogP contribution is -1.90. The molecule has 0 saturated carbocycles. The van der Waals surface area contributed by atoms with Crippen LogP contribution in [0.4, 0.5) is 4.39 Å². The minimum absolute atomic E-state index is 0.417. The molecule has 2 nitrogen and oxygen atoms in total. The number of ether oxygens (including phenoxy) is 2. The lowest BCUT2D eigenvalue weighted by Gasteiger charge is -2.09. The maximum absolute atomic E-state index is 12.9. The fourth-order valence-electron chi connectivity index (χ4n) is 1.31. The summed E-state index contributed by atoms with van der Waals surface area (Å²) in [6.07, 6.45) is 0. The normalized spacial score (nSPS) is 9.88. The van der Waals surface area contributed by atoms with E-state index in [4.69, 9.17) is 9.47 Å². The largest absolute Gasteiger partial charge is 0.493 e. The average molecular weight is 217 g/mol. The second kappa shape index (κ2) is 4.66. The Balaban J connectivity index is 2.26. The van der Waals surface area contributed by atoms with Gasteiger partial charge < -0.3 is 9.47 Å². The fourth-order valence-corrected chi connectivity index (χ4v) is 1.31. The molecular formula is C13H10FO2. The van der Waals surface area contributed by atoms with Crippen molar-refractivity contribution in [1.82, 2.24) is 0 Å². The molecule has 0 fully saturated rings. The molecule has 0 atom stereocenters. The summed E-state index contributed by atoms with van der Waals surface area (Å²) in [7, 11) is 1.56. The molecule has 0 spiro atoms. The van der Waals surface area contributed by atoms with E-state index in [9.17, 15) is 4.39 Å². The van der Waals surface area contributed by atoms with Crippen molar-refractivity contribution in [3.63, 3.8) is 0 Å². The van der Waals surface area contributed by atoms with Crippen LogP contribution in [0.25, 0.3) is 0 Å². The molecule has 2 rings (SSSR count). The van der Waals surface area contributed by atoms with Crippen molar-refractivity contribution in [2.45, 2.75) is 0 Å². The van der Waals surface area contributed by atoms with Crippen LogP contribution in [-0.4, -0.2) is 7.11 Å². The van der Waals surface area contributed by atoms with E-state index in [2.05, 4.69) is 6.07 Å². The van der Waals surface area contributed by atoms with Crippen LogP contribution in [0.5, 0.6) is 17.2 Å². The number of hydrogen-bond donors (Lipinski definition) is 0. The lowest BCUT2D eigenvalue weighted by molar-refractivity contribution is 0.378. The SMILES string of the molecule is COc1ccccc1Oc1cc[c]c(F)c1. The fraction of sp³-hybridized carbons (Fsp3) is 0.0769. The maximum Gasteiger partial charge on any atom is 0.169 e. The van der Waals surface area contributed by atoms with Gasteiger partial charge >= 0.3 is 0 Å². The van der Waals surface area contributed by atoms with Crippen molar-refractivity contribution in [3.8, 4) is 17.2 Å². The van der Waals surface area contributed by atoms with E-state index in [1.54, 1.807) is 25.3 Å². The summed E-state index contributed by atoms with van der Waals surface area (Å²) in [6, 6.07) is 14.0. The molecule has 2 aromatic rings. The molecule has 0 amide bonds. The minimum Gasteiger partial charge on any atom is -0.493 e. The van der Waals surface area contributed by atoms with Gasteiger partial charge in [0.2, 0.25) is 0 Å². The summed E-state index contributed by atoms with van der Waals surface area (Å²) in [5, 5.41) is 0. The van der Waals surface area contributed by atoms with Crippen LogP contribution in [-0.2, 0) is 0 Å². The monoisotopic (exact) mass is 217 g/mol. The number of benzene rings is 2. The highest BCUT2D eigenvalue weighted by Crippen LogP contribution is 2.30. The van der Waals surface area contributed by atoms with Gasteiger partial charge in [0.15, 0.2) is 11.5 Å². The molecular weight excluding hydrogens is 207 g/mol. The molecule has 3 heteroatoms.